The zero-order valence-electron chi connectivity index (χ0n) is 10.8. The quantitative estimate of drug-likeness (QED) is 0.847. The molecule has 0 atom stereocenters. The van der Waals surface area contributed by atoms with E-state index in [1.165, 1.54) is 11.3 Å². The van der Waals surface area contributed by atoms with Crippen LogP contribution in [0.15, 0.2) is 29.6 Å². The summed E-state index contributed by atoms with van der Waals surface area (Å²) in [5, 5.41) is 2.73. The van der Waals surface area contributed by atoms with Gasteiger partial charge in [0.15, 0.2) is 0 Å². The third-order valence-electron chi connectivity index (χ3n) is 2.71. The normalized spacial score (nSPS) is 10.4. The van der Waals surface area contributed by atoms with Crippen LogP contribution in [0.5, 0.6) is 0 Å². The standard InChI is InChI=1S/C14H16N2OS/c1-4-16(12-7-5-6-10(2)8-12)14(17)13-9-18-11(3)15-13/h5-9H,4H2,1-3H3. The third kappa shape index (κ3) is 2.59. The molecule has 2 aromatic rings. The molecule has 1 heterocycles. The second-order valence-electron chi connectivity index (χ2n) is 4.14. The van der Waals surface area contributed by atoms with Crippen molar-refractivity contribution < 1.29 is 4.79 Å². The van der Waals surface area contributed by atoms with Crippen LogP contribution in [0, 0.1) is 13.8 Å². The highest BCUT2D eigenvalue weighted by Gasteiger charge is 2.18. The Morgan fingerprint density at radius 1 is 1.39 bits per heavy atom. The van der Waals surface area contributed by atoms with Gasteiger partial charge in [0.2, 0.25) is 0 Å². The number of amides is 1. The van der Waals surface area contributed by atoms with Gasteiger partial charge in [0.05, 0.1) is 5.01 Å². The van der Waals surface area contributed by atoms with Gasteiger partial charge in [-0.25, -0.2) is 4.98 Å². The summed E-state index contributed by atoms with van der Waals surface area (Å²) in [6.07, 6.45) is 0. The number of hydrogen-bond acceptors (Lipinski definition) is 3. The number of carbonyl (C=O) groups is 1. The molecule has 1 aromatic heterocycles. The van der Waals surface area contributed by atoms with E-state index in [2.05, 4.69) is 4.98 Å². The smallest absolute Gasteiger partial charge is 0.277 e. The first kappa shape index (κ1) is 12.8. The van der Waals surface area contributed by atoms with Crippen molar-refractivity contribution in [3.05, 3.63) is 45.9 Å². The zero-order chi connectivity index (χ0) is 13.1. The van der Waals surface area contributed by atoms with Gasteiger partial charge in [-0.15, -0.1) is 11.3 Å². The summed E-state index contributed by atoms with van der Waals surface area (Å²) in [6, 6.07) is 7.95. The molecule has 4 heteroatoms. The number of hydrogen-bond donors (Lipinski definition) is 0. The summed E-state index contributed by atoms with van der Waals surface area (Å²) in [7, 11) is 0. The summed E-state index contributed by atoms with van der Waals surface area (Å²) in [4.78, 5) is 18.4. The van der Waals surface area contributed by atoms with Crippen molar-refractivity contribution in [2.75, 3.05) is 11.4 Å². The first-order valence-electron chi connectivity index (χ1n) is 5.92. The molecule has 94 valence electrons. The number of carbonyl (C=O) groups excluding carboxylic acids is 1. The Bertz CT molecular complexity index is 562. The Morgan fingerprint density at radius 2 is 2.17 bits per heavy atom. The molecule has 3 nitrogen and oxygen atoms in total. The van der Waals surface area contributed by atoms with Gasteiger partial charge in [-0.3, -0.25) is 4.79 Å². The summed E-state index contributed by atoms with van der Waals surface area (Å²) in [5.41, 5.74) is 2.60. The van der Waals surface area contributed by atoms with Crippen LogP contribution in [0.4, 0.5) is 5.69 Å². The molecule has 0 saturated heterocycles. The number of benzene rings is 1. The van der Waals surface area contributed by atoms with Crippen LogP contribution in [-0.2, 0) is 0 Å². The Hall–Kier alpha value is -1.68. The fourth-order valence-electron chi connectivity index (χ4n) is 1.84. The van der Waals surface area contributed by atoms with Crippen LogP contribution in [0.3, 0.4) is 0 Å². The summed E-state index contributed by atoms with van der Waals surface area (Å²) >= 11 is 1.50. The van der Waals surface area contributed by atoms with E-state index < -0.39 is 0 Å². The number of anilines is 1. The zero-order valence-corrected chi connectivity index (χ0v) is 11.6. The van der Waals surface area contributed by atoms with Crippen LogP contribution in [0.25, 0.3) is 0 Å². The molecule has 0 aliphatic heterocycles. The van der Waals surface area contributed by atoms with Gasteiger partial charge in [0.25, 0.3) is 5.91 Å². The molecule has 0 fully saturated rings. The van der Waals surface area contributed by atoms with E-state index in [0.29, 0.717) is 12.2 Å². The number of nitrogens with zero attached hydrogens (tertiary/aromatic N) is 2. The lowest BCUT2D eigenvalue weighted by Gasteiger charge is -2.20. The molecule has 0 bridgehead atoms. The fraction of sp³-hybridized carbons (Fsp3) is 0.286. The predicted octanol–water partition coefficient (Wildman–Crippen LogP) is 3.43. The average Bonchev–Trinajstić information content (AvgIpc) is 2.77. The van der Waals surface area contributed by atoms with E-state index in [1.807, 2.05) is 50.4 Å². The molecule has 1 aromatic carbocycles. The molecule has 0 radical (unpaired) electrons. The molecule has 2 rings (SSSR count). The summed E-state index contributed by atoms with van der Waals surface area (Å²) in [5.74, 6) is -0.0348. The minimum atomic E-state index is -0.0348. The van der Waals surface area contributed by atoms with E-state index in [4.69, 9.17) is 0 Å². The van der Waals surface area contributed by atoms with Crippen molar-refractivity contribution in [3.8, 4) is 0 Å². The van der Waals surface area contributed by atoms with Gasteiger partial charge in [-0.05, 0) is 38.5 Å². The summed E-state index contributed by atoms with van der Waals surface area (Å²) in [6.45, 7) is 6.54. The van der Waals surface area contributed by atoms with Gasteiger partial charge in [0.1, 0.15) is 5.69 Å². The van der Waals surface area contributed by atoms with Crippen LogP contribution in [0.1, 0.15) is 28.0 Å². The molecular weight excluding hydrogens is 244 g/mol. The molecule has 0 unspecified atom stereocenters. The van der Waals surface area contributed by atoms with Crippen LogP contribution < -0.4 is 4.90 Å². The minimum absolute atomic E-state index is 0.0348. The Balaban J connectivity index is 2.31. The first-order chi connectivity index (χ1) is 8.61. The SMILES string of the molecule is CCN(C(=O)c1csc(C)n1)c1cccc(C)c1. The first-order valence-corrected chi connectivity index (χ1v) is 6.80. The molecule has 0 aliphatic carbocycles. The van der Waals surface area contributed by atoms with E-state index in [1.54, 1.807) is 4.90 Å². The second-order valence-corrected chi connectivity index (χ2v) is 5.20. The van der Waals surface area contributed by atoms with Crippen molar-refractivity contribution in [1.82, 2.24) is 4.98 Å². The molecule has 0 N–H and O–H groups in total. The number of aromatic nitrogens is 1. The van der Waals surface area contributed by atoms with Gasteiger partial charge in [-0.1, -0.05) is 12.1 Å². The number of aryl methyl sites for hydroxylation is 2. The monoisotopic (exact) mass is 260 g/mol. The topological polar surface area (TPSA) is 33.2 Å². The highest BCUT2D eigenvalue weighted by atomic mass is 32.1. The Morgan fingerprint density at radius 3 is 2.72 bits per heavy atom. The van der Waals surface area contributed by atoms with Crippen molar-refractivity contribution in [2.24, 2.45) is 0 Å². The van der Waals surface area contributed by atoms with E-state index in [9.17, 15) is 4.79 Å². The maximum atomic E-state index is 12.4. The van der Waals surface area contributed by atoms with Crippen LogP contribution in [0.2, 0.25) is 0 Å². The van der Waals surface area contributed by atoms with Crippen LogP contribution in [-0.4, -0.2) is 17.4 Å². The van der Waals surface area contributed by atoms with E-state index in [-0.39, 0.29) is 5.91 Å². The molecule has 0 saturated carbocycles. The Kier molecular flexibility index (Phi) is 3.77. The van der Waals surface area contributed by atoms with Gasteiger partial charge < -0.3 is 4.90 Å². The van der Waals surface area contributed by atoms with Gasteiger partial charge in [0, 0.05) is 17.6 Å². The largest absolute Gasteiger partial charge is 0.307 e. The minimum Gasteiger partial charge on any atom is -0.307 e. The maximum Gasteiger partial charge on any atom is 0.277 e. The molecule has 0 spiro atoms. The van der Waals surface area contributed by atoms with Gasteiger partial charge in [-0.2, -0.15) is 0 Å². The molecule has 0 aliphatic rings. The highest BCUT2D eigenvalue weighted by Crippen LogP contribution is 2.19. The molecule has 1 amide bonds. The van der Waals surface area contributed by atoms with E-state index in [0.717, 1.165) is 16.3 Å². The lowest BCUT2D eigenvalue weighted by atomic mass is 10.2. The lowest BCUT2D eigenvalue weighted by molar-refractivity contribution is 0.0984. The highest BCUT2D eigenvalue weighted by molar-refractivity contribution is 7.09. The number of thiazole rings is 1. The predicted molar refractivity (Wildman–Crippen MR) is 75.4 cm³/mol. The number of rotatable bonds is 3. The second kappa shape index (κ2) is 5.31. The lowest BCUT2D eigenvalue weighted by Crippen LogP contribution is -2.30. The molecular formula is C14H16N2OS. The summed E-state index contributed by atoms with van der Waals surface area (Å²) < 4.78 is 0. The van der Waals surface area contributed by atoms with Gasteiger partial charge >= 0.3 is 0 Å². The van der Waals surface area contributed by atoms with Crippen molar-refractivity contribution in [1.29, 1.82) is 0 Å². The maximum absolute atomic E-state index is 12.4. The van der Waals surface area contributed by atoms with E-state index >= 15 is 0 Å². The third-order valence-corrected chi connectivity index (χ3v) is 3.49. The van der Waals surface area contributed by atoms with Crippen LogP contribution >= 0.6 is 11.3 Å². The van der Waals surface area contributed by atoms with Crippen molar-refractivity contribution in [2.45, 2.75) is 20.8 Å². The fourth-order valence-corrected chi connectivity index (χ4v) is 2.43. The Labute approximate surface area is 111 Å². The van der Waals surface area contributed by atoms with Crippen molar-refractivity contribution in [3.63, 3.8) is 0 Å². The average molecular weight is 260 g/mol. The van der Waals surface area contributed by atoms with Crippen molar-refractivity contribution >= 4 is 22.9 Å². The molecule has 18 heavy (non-hydrogen) atoms.